The molecule has 3 aromatic carbocycles. The minimum Gasteiger partial charge on any atom is -0.353 e. The summed E-state index contributed by atoms with van der Waals surface area (Å²) in [5.74, 6) is -0.465. The Balaban J connectivity index is 1.52. The van der Waals surface area contributed by atoms with E-state index in [1.165, 1.54) is 0 Å². The summed E-state index contributed by atoms with van der Waals surface area (Å²) < 4.78 is 1.65. The lowest BCUT2D eigenvalue weighted by molar-refractivity contribution is -0.121. The molecule has 140 valence electrons. The molecular formula is C23H21N3O2. The van der Waals surface area contributed by atoms with Crippen molar-refractivity contribution in [1.82, 2.24) is 14.9 Å². The zero-order valence-electron chi connectivity index (χ0n) is 15.3. The van der Waals surface area contributed by atoms with Crippen LogP contribution in [0.25, 0.3) is 11.0 Å². The number of aromatic nitrogens is 2. The van der Waals surface area contributed by atoms with Crippen molar-refractivity contribution in [3.8, 4) is 0 Å². The van der Waals surface area contributed by atoms with Crippen LogP contribution in [0.3, 0.4) is 0 Å². The number of carbonyl (C=O) groups excluding carboxylic acids is 1. The molecule has 0 spiro atoms. The smallest absolute Gasteiger partial charge is 0.326 e. The Kier molecular flexibility index (Phi) is 5.06. The monoisotopic (exact) mass is 371 g/mol. The second-order valence-electron chi connectivity index (χ2n) is 6.64. The number of rotatable bonds is 6. The molecule has 0 aliphatic rings. The van der Waals surface area contributed by atoms with Crippen LogP contribution in [0.15, 0.2) is 89.7 Å². The van der Waals surface area contributed by atoms with Crippen LogP contribution in [0.1, 0.15) is 17.0 Å². The lowest BCUT2D eigenvalue weighted by Gasteiger charge is -2.18. The summed E-state index contributed by atoms with van der Waals surface area (Å²) in [5, 5.41) is 3.00. The summed E-state index contributed by atoms with van der Waals surface area (Å²) in [7, 11) is 0. The maximum atomic E-state index is 13.0. The van der Waals surface area contributed by atoms with Crippen molar-refractivity contribution in [2.24, 2.45) is 0 Å². The summed E-state index contributed by atoms with van der Waals surface area (Å²) in [4.78, 5) is 28.0. The first kappa shape index (κ1) is 17.8. The molecule has 4 aromatic rings. The van der Waals surface area contributed by atoms with Gasteiger partial charge in [-0.25, -0.2) is 4.79 Å². The molecule has 0 atom stereocenters. The van der Waals surface area contributed by atoms with Crippen LogP contribution in [0.5, 0.6) is 0 Å². The first-order valence-electron chi connectivity index (χ1n) is 9.29. The Morgan fingerprint density at radius 2 is 1.43 bits per heavy atom. The van der Waals surface area contributed by atoms with Gasteiger partial charge in [0.15, 0.2) is 0 Å². The normalized spacial score (nSPS) is 11.0. The predicted molar refractivity (Wildman–Crippen MR) is 110 cm³/mol. The van der Waals surface area contributed by atoms with E-state index in [1.807, 2.05) is 84.9 Å². The van der Waals surface area contributed by atoms with Gasteiger partial charge in [0.2, 0.25) is 5.91 Å². The van der Waals surface area contributed by atoms with Crippen molar-refractivity contribution in [2.45, 2.75) is 12.5 Å². The van der Waals surface area contributed by atoms with Crippen LogP contribution in [0.2, 0.25) is 0 Å². The summed E-state index contributed by atoms with van der Waals surface area (Å²) in [6.45, 7) is 0.779. The number of imidazole rings is 1. The molecule has 5 nitrogen and oxygen atoms in total. The Morgan fingerprint density at radius 1 is 0.857 bits per heavy atom. The van der Waals surface area contributed by atoms with E-state index in [0.29, 0.717) is 13.1 Å². The van der Waals surface area contributed by atoms with Gasteiger partial charge in [0.1, 0.15) is 0 Å². The third kappa shape index (κ3) is 3.60. The van der Waals surface area contributed by atoms with Crippen molar-refractivity contribution >= 4 is 16.9 Å². The molecular weight excluding hydrogens is 350 g/mol. The number of hydrogen-bond donors (Lipinski definition) is 2. The van der Waals surface area contributed by atoms with Crippen LogP contribution >= 0.6 is 0 Å². The number of para-hydroxylation sites is 2. The van der Waals surface area contributed by atoms with Crippen molar-refractivity contribution < 1.29 is 4.79 Å². The fraction of sp³-hybridized carbons (Fsp3) is 0.130. The number of nitrogens with zero attached hydrogens (tertiary/aromatic N) is 1. The van der Waals surface area contributed by atoms with Gasteiger partial charge in [0, 0.05) is 13.1 Å². The van der Waals surface area contributed by atoms with Gasteiger partial charge in [-0.1, -0.05) is 72.8 Å². The van der Waals surface area contributed by atoms with E-state index in [2.05, 4.69) is 10.3 Å². The predicted octanol–water partition coefficient (Wildman–Crippen LogP) is 3.28. The van der Waals surface area contributed by atoms with E-state index >= 15 is 0 Å². The lowest BCUT2D eigenvalue weighted by Crippen LogP contribution is -2.34. The molecule has 0 aliphatic heterocycles. The molecule has 0 unspecified atom stereocenters. The molecule has 0 saturated heterocycles. The van der Waals surface area contributed by atoms with Gasteiger partial charge >= 0.3 is 5.69 Å². The Labute approximate surface area is 162 Å². The van der Waals surface area contributed by atoms with Crippen LogP contribution < -0.4 is 11.0 Å². The third-order valence-corrected chi connectivity index (χ3v) is 4.84. The number of aromatic amines is 1. The van der Waals surface area contributed by atoms with E-state index in [0.717, 1.165) is 22.2 Å². The Hall–Kier alpha value is -3.60. The second-order valence-corrected chi connectivity index (χ2v) is 6.64. The van der Waals surface area contributed by atoms with Crippen molar-refractivity contribution in [3.63, 3.8) is 0 Å². The lowest BCUT2D eigenvalue weighted by atomic mass is 9.90. The van der Waals surface area contributed by atoms with E-state index in [9.17, 15) is 9.59 Å². The van der Waals surface area contributed by atoms with Gasteiger partial charge in [-0.3, -0.25) is 9.36 Å². The first-order valence-corrected chi connectivity index (χ1v) is 9.29. The molecule has 5 heteroatoms. The number of carbonyl (C=O) groups is 1. The summed E-state index contributed by atoms with van der Waals surface area (Å²) in [6.07, 6.45) is 0. The number of hydrogen-bond acceptors (Lipinski definition) is 2. The van der Waals surface area contributed by atoms with Crippen LogP contribution in [-0.4, -0.2) is 22.0 Å². The average Bonchev–Trinajstić information content (AvgIpc) is 3.05. The molecule has 1 amide bonds. The van der Waals surface area contributed by atoms with Crippen molar-refractivity contribution in [1.29, 1.82) is 0 Å². The molecule has 2 N–H and O–H groups in total. The number of benzene rings is 3. The highest BCUT2D eigenvalue weighted by Crippen LogP contribution is 2.24. The van der Waals surface area contributed by atoms with E-state index < -0.39 is 0 Å². The van der Waals surface area contributed by atoms with Crippen LogP contribution in [0, 0.1) is 0 Å². The minimum atomic E-state index is -0.387. The van der Waals surface area contributed by atoms with Gasteiger partial charge in [-0.15, -0.1) is 0 Å². The topological polar surface area (TPSA) is 66.9 Å². The minimum absolute atomic E-state index is 0.0784. The van der Waals surface area contributed by atoms with E-state index in [-0.39, 0.29) is 17.5 Å². The maximum Gasteiger partial charge on any atom is 0.326 e. The number of nitrogens with one attached hydrogen (secondary N) is 2. The SMILES string of the molecule is O=C(NCCn1c(=O)[nH]c2ccccc21)C(c1ccccc1)c1ccccc1. The van der Waals surface area contributed by atoms with Gasteiger partial charge in [-0.2, -0.15) is 0 Å². The van der Waals surface area contributed by atoms with Crippen molar-refractivity contribution in [2.75, 3.05) is 6.54 Å². The van der Waals surface area contributed by atoms with Crippen LogP contribution in [-0.2, 0) is 11.3 Å². The molecule has 4 rings (SSSR count). The van der Waals surface area contributed by atoms with E-state index in [4.69, 9.17) is 0 Å². The van der Waals surface area contributed by atoms with Gasteiger partial charge < -0.3 is 10.3 Å². The van der Waals surface area contributed by atoms with E-state index in [1.54, 1.807) is 4.57 Å². The highest BCUT2D eigenvalue weighted by Gasteiger charge is 2.22. The van der Waals surface area contributed by atoms with Gasteiger partial charge in [0.25, 0.3) is 0 Å². The molecule has 1 aromatic heterocycles. The highest BCUT2D eigenvalue weighted by atomic mass is 16.2. The summed E-state index contributed by atoms with van der Waals surface area (Å²) in [6, 6.07) is 27.0. The summed E-state index contributed by atoms with van der Waals surface area (Å²) >= 11 is 0. The fourth-order valence-corrected chi connectivity index (χ4v) is 3.51. The standard InChI is InChI=1S/C23H21N3O2/c27-22(21(17-9-3-1-4-10-17)18-11-5-2-6-12-18)24-15-16-26-20-14-8-7-13-19(20)25-23(26)28/h1-14,21H,15-16H2,(H,24,27)(H,25,28). The molecule has 1 heterocycles. The third-order valence-electron chi connectivity index (χ3n) is 4.84. The fourth-order valence-electron chi connectivity index (χ4n) is 3.51. The highest BCUT2D eigenvalue weighted by molar-refractivity contribution is 5.87. The number of H-pyrrole nitrogens is 1. The molecule has 0 fully saturated rings. The molecule has 0 radical (unpaired) electrons. The average molecular weight is 371 g/mol. The first-order chi connectivity index (χ1) is 13.7. The molecule has 0 bridgehead atoms. The largest absolute Gasteiger partial charge is 0.353 e. The van der Waals surface area contributed by atoms with Gasteiger partial charge in [-0.05, 0) is 23.3 Å². The quantitative estimate of drug-likeness (QED) is 0.546. The number of fused-ring (bicyclic) bond motifs is 1. The van der Waals surface area contributed by atoms with Gasteiger partial charge in [0.05, 0.1) is 17.0 Å². The summed E-state index contributed by atoms with van der Waals surface area (Å²) in [5.41, 5.74) is 3.35. The van der Waals surface area contributed by atoms with Crippen LogP contribution in [0.4, 0.5) is 0 Å². The zero-order chi connectivity index (χ0) is 19.3. The Morgan fingerprint density at radius 3 is 2.07 bits per heavy atom. The maximum absolute atomic E-state index is 13.0. The molecule has 0 saturated carbocycles. The van der Waals surface area contributed by atoms with Crippen molar-refractivity contribution in [3.05, 3.63) is 107 Å². The zero-order valence-corrected chi connectivity index (χ0v) is 15.3. The Bertz CT molecular complexity index is 1090. The molecule has 0 aliphatic carbocycles. The second kappa shape index (κ2) is 7.96. The number of amides is 1. The molecule has 28 heavy (non-hydrogen) atoms.